The number of hydrogen-bond donors (Lipinski definition) is 0. The van der Waals surface area contributed by atoms with E-state index in [1.807, 2.05) is 20.8 Å². The molecule has 0 aliphatic rings. The molecule has 0 aliphatic carbocycles. The molecule has 0 spiro atoms. The lowest BCUT2D eigenvalue weighted by Gasteiger charge is -2.19. The van der Waals surface area contributed by atoms with Crippen LogP contribution in [-0.4, -0.2) is 23.4 Å². The van der Waals surface area contributed by atoms with Crippen molar-refractivity contribution >= 4 is 6.09 Å². The van der Waals surface area contributed by atoms with Crippen LogP contribution in [0.4, 0.5) is 4.79 Å². The standard InChI is InChI=1S/C10H15NO3/c1-10(2,3)14-9(12)11-7-5-6-8(11)13-4/h5-7H,1-4H3. The van der Waals surface area contributed by atoms with Crippen LogP contribution in [0.3, 0.4) is 0 Å². The van der Waals surface area contributed by atoms with E-state index in [0.717, 1.165) is 0 Å². The lowest BCUT2D eigenvalue weighted by atomic mass is 10.2. The van der Waals surface area contributed by atoms with E-state index in [2.05, 4.69) is 0 Å². The highest BCUT2D eigenvalue weighted by molar-refractivity contribution is 5.72. The third kappa shape index (κ3) is 2.52. The van der Waals surface area contributed by atoms with Crippen LogP contribution in [0.1, 0.15) is 20.8 Å². The third-order valence-corrected chi connectivity index (χ3v) is 1.51. The van der Waals surface area contributed by atoms with Crippen molar-refractivity contribution in [3.8, 4) is 5.88 Å². The number of carbonyl (C=O) groups excluding carboxylic acids is 1. The Kier molecular flexibility index (Phi) is 2.84. The molecule has 14 heavy (non-hydrogen) atoms. The molecule has 1 aromatic rings. The zero-order valence-corrected chi connectivity index (χ0v) is 8.90. The van der Waals surface area contributed by atoms with Crippen molar-refractivity contribution in [3.63, 3.8) is 0 Å². The van der Waals surface area contributed by atoms with Crippen molar-refractivity contribution in [1.29, 1.82) is 0 Å². The van der Waals surface area contributed by atoms with Gasteiger partial charge in [-0.15, -0.1) is 0 Å². The first-order valence-corrected chi connectivity index (χ1v) is 4.39. The van der Waals surface area contributed by atoms with Gasteiger partial charge in [0.05, 0.1) is 7.11 Å². The summed E-state index contributed by atoms with van der Waals surface area (Å²) in [6, 6.07) is 3.42. The van der Waals surface area contributed by atoms with Crippen LogP contribution >= 0.6 is 0 Å². The second-order valence-corrected chi connectivity index (χ2v) is 3.90. The first-order valence-electron chi connectivity index (χ1n) is 4.39. The second-order valence-electron chi connectivity index (χ2n) is 3.90. The van der Waals surface area contributed by atoms with Gasteiger partial charge in [0.2, 0.25) is 5.88 Å². The normalized spacial score (nSPS) is 11.1. The molecule has 4 heteroatoms. The molecule has 0 bridgehead atoms. The molecule has 1 heterocycles. The fraction of sp³-hybridized carbons (Fsp3) is 0.500. The third-order valence-electron chi connectivity index (χ3n) is 1.51. The minimum atomic E-state index is -0.494. The van der Waals surface area contributed by atoms with E-state index in [9.17, 15) is 4.79 Å². The summed E-state index contributed by atoms with van der Waals surface area (Å²) in [6.07, 6.45) is 1.17. The summed E-state index contributed by atoms with van der Waals surface area (Å²) >= 11 is 0. The van der Waals surface area contributed by atoms with Gasteiger partial charge in [0, 0.05) is 12.3 Å². The number of methoxy groups -OCH3 is 1. The molecule has 0 aromatic carbocycles. The number of hydrogen-bond acceptors (Lipinski definition) is 3. The first-order chi connectivity index (χ1) is 6.44. The maximum atomic E-state index is 11.6. The molecule has 4 nitrogen and oxygen atoms in total. The first kappa shape index (κ1) is 10.6. The van der Waals surface area contributed by atoms with Crippen molar-refractivity contribution in [2.75, 3.05) is 7.11 Å². The number of aromatic nitrogens is 1. The lowest BCUT2D eigenvalue weighted by molar-refractivity contribution is 0.0525. The van der Waals surface area contributed by atoms with E-state index in [-0.39, 0.29) is 0 Å². The molecule has 0 unspecified atom stereocenters. The van der Waals surface area contributed by atoms with Gasteiger partial charge in [-0.1, -0.05) is 0 Å². The van der Waals surface area contributed by atoms with Crippen molar-refractivity contribution < 1.29 is 14.3 Å². The van der Waals surface area contributed by atoms with E-state index in [0.29, 0.717) is 5.88 Å². The molecule has 0 radical (unpaired) electrons. The minimum Gasteiger partial charge on any atom is -0.482 e. The summed E-state index contributed by atoms with van der Waals surface area (Å²) in [5.41, 5.74) is -0.494. The molecule has 1 rings (SSSR count). The summed E-state index contributed by atoms with van der Waals surface area (Å²) < 4.78 is 11.5. The van der Waals surface area contributed by atoms with Crippen LogP contribution in [0.25, 0.3) is 0 Å². The van der Waals surface area contributed by atoms with Gasteiger partial charge in [0.1, 0.15) is 5.60 Å². The van der Waals surface area contributed by atoms with Crippen LogP contribution in [0.2, 0.25) is 0 Å². The predicted octanol–water partition coefficient (Wildman–Crippen LogP) is 2.28. The topological polar surface area (TPSA) is 40.5 Å². The van der Waals surface area contributed by atoms with Crippen LogP contribution in [0, 0.1) is 0 Å². The molecule has 78 valence electrons. The molecule has 0 N–H and O–H groups in total. The predicted molar refractivity (Wildman–Crippen MR) is 52.6 cm³/mol. The zero-order chi connectivity index (χ0) is 10.8. The Bertz CT molecular complexity index is 322. The molecule has 0 amide bonds. The van der Waals surface area contributed by atoms with Crippen LogP contribution in [0.15, 0.2) is 18.3 Å². The van der Waals surface area contributed by atoms with E-state index < -0.39 is 11.7 Å². The molecule has 1 aromatic heterocycles. The SMILES string of the molecule is COc1cccn1C(=O)OC(C)(C)C. The Labute approximate surface area is 83.4 Å². The molecule has 0 saturated carbocycles. The van der Waals surface area contributed by atoms with Gasteiger partial charge >= 0.3 is 6.09 Å². The van der Waals surface area contributed by atoms with E-state index in [4.69, 9.17) is 9.47 Å². The minimum absolute atomic E-state index is 0.431. The molecular formula is C10H15NO3. The summed E-state index contributed by atoms with van der Waals surface area (Å²) in [5.74, 6) is 0.472. The van der Waals surface area contributed by atoms with Crippen molar-refractivity contribution in [2.45, 2.75) is 26.4 Å². The average molecular weight is 197 g/mol. The van der Waals surface area contributed by atoms with Gasteiger partial charge in [-0.05, 0) is 26.8 Å². The Morgan fingerprint density at radius 3 is 2.57 bits per heavy atom. The molecular weight excluding hydrogens is 182 g/mol. The van der Waals surface area contributed by atoms with Gasteiger partial charge in [0.25, 0.3) is 0 Å². The summed E-state index contributed by atoms with van der Waals surface area (Å²) in [4.78, 5) is 11.6. The van der Waals surface area contributed by atoms with Crippen molar-refractivity contribution in [1.82, 2.24) is 4.57 Å². The zero-order valence-electron chi connectivity index (χ0n) is 8.90. The molecule has 0 atom stereocenters. The smallest absolute Gasteiger partial charge is 0.421 e. The molecule has 0 fully saturated rings. The van der Waals surface area contributed by atoms with Gasteiger partial charge < -0.3 is 9.47 Å². The summed E-state index contributed by atoms with van der Waals surface area (Å²) in [6.45, 7) is 5.46. The van der Waals surface area contributed by atoms with Crippen LogP contribution in [0.5, 0.6) is 5.88 Å². The van der Waals surface area contributed by atoms with Crippen LogP contribution < -0.4 is 4.74 Å². The monoisotopic (exact) mass is 197 g/mol. The maximum absolute atomic E-state index is 11.6. The fourth-order valence-electron chi connectivity index (χ4n) is 0.994. The summed E-state index contributed by atoms with van der Waals surface area (Å²) in [5, 5.41) is 0. The van der Waals surface area contributed by atoms with Gasteiger partial charge in [-0.2, -0.15) is 0 Å². The Morgan fingerprint density at radius 2 is 2.07 bits per heavy atom. The van der Waals surface area contributed by atoms with E-state index in [1.165, 1.54) is 11.7 Å². The van der Waals surface area contributed by atoms with E-state index >= 15 is 0 Å². The molecule has 0 aliphatic heterocycles. The quantitative estimate of drug-likeness (QED) is 0.693. The maximum Gasteiger partial charge on any atom is 0.421 e. The fourth-order valence-corrected chi connectivity index (χ4v) is 0.994. The number of ether oxygens (including phenoxy) is 2. The Balaban J connectivity index is 2.80. The highest BCUT2D eigenvalue weighted by Gasteiger charge is 2.19. The van der Waals surface area contributed by atoms with Crippen molar-refractivity contribution in [2.24, 2.45) is 0 Å². The van der Waals surface area contributed by atoms with Crippen LogP contribution in [-0.2, 0) is 4.74 Å². The lowest BCUT2D eigenvalue weighted by Crippen LogP contribution is -2.26. The van der Waals surface area contributed by atoms with Gasteiger partial charge in [-0.25, -0.2) is 9.36 Å². The van der Waals surface area contributed by atoms with E-state index in [1.54, 1.807) is 18.3 Å². The summed E-state index contributed by atoms with van der Waals surface area (Å²) in [7, 11) is 1.51. The average Bonchev–Trinajstić information content (AvgIpc) is 2.47. The Morgan fingerprint density at radius 1 is 1.43 bits per heavy atom. The molecule has 0 saturated heterocycles. The van der Waals surface area contributed by atoms with Crippen molar-refractivity contribution in [3.05, 3.63) is 18.3 Å². The Hall–Kier alpha value is -1.45. The second kappa shape index (κ2) is 3.74. The number of nitrogens with zero attached hydrogens (tertiary/aromatic N) is 1. The highest BCUT2D eigenvalue weighted by Crippen LogP contribution is 2.15. The number of carbonyl (C=O) groups is 1. The highest BCUT2D eigenvalue weighted by atomic mass is 16.6. The largest absolute Gasteiger partial charge is 0.482 e. The van der Waals surface area contributed by atoms with Gasteiger partial charge in [-0.3, -0.25) is 0 Å². The number of rotatable bonds is 1. The van der Waals surface area contributed by atoms with Gasteiger partial charge in [0.15, 0.2) is 0 Å².